The van der Waals surface area contributed by atoms with E-state index in [1.807, 2.05) is 30.3 Å². The molecule has 7 nitrogen and oxygen atoms in total. The molecular weight excluding hydrogens is 426 g/mol. The fourth-order valence-corrected chi connectivity index (χ4v) is 5.64. The van der Waals surface area contributed by atoms with Gasteiger partial charge in [-0.1, -0.05) is 37.3 Å². The summed E-state index contributed by atoms with van der Waals surface area (Å²) in [6, 6.07) is 11.8. The number of nitrogens with zero attached hydrogens (tertiary/aromatic N) is 2. The fraction of sp³-hybridized carbons (Fsp3) is 0.417. The van der Waals surface area contributed by atoms with Gasteiger partial charge < -0.3 is 15.0 Å². The van der Waals surface area contributed by atoms with Crippen molar-refractivity contribution in [2.75, 3.05) is 18.5 Å². The standard InChI is InChI=1S/C24H25N3O4S/c1-15-7-8-18-19(11-25)23(32-20(18)9-15)26-21(28)14-31-24(30)17-10-22(29)27(13-17)12-16-5-3-2-4-6-16/h2-6,15,17H,7-10,12-14H2,1H3,(H,26,28)/t15-,17-/m1/s1. The van der Waals surface area contributed by atoms with Crippen LogP contribution in [0.3, 0.4) is 0 Å². The summed E-state index contributed by atoms with van der Waals surface area (Å²) in [4.78, 5) is 39.9. The predicted molar refractivity (Wildman–Crippen MR) is 120 cm³/mol. The number of benzene rings is 1. The minimum absolute atomic E-state index is 0.0850. The van der Waals surface area contributed by atoms with Gasteiger partial charge in [0.25, 0.3) is 5.91 Å². The molecule has 2 heterocycles. The molecule has 1 aromatic heterocycles. The van der Waals surface area contributed by atoms with E-state index >= 15 is 0 Å². The van der Waals surface area contributed by atoms with E-state index in [4.69, 9.17) is 4.74 Å². The van der Waals surface area contributed by atoms with Gasteiger partial charge in [-0.25, -0.2) is 0 Å². The molecular formula is C24H25N3O4S. The quantitative estimate of drug-likeness (QED) is 0.680. The average Bonchev–Trinajstić information content (AvgIpc) is 3.31. The SMILES string of the molecule is C[C@@H]1CCc2c(sc(NC(=O)COC(=O)[C@@H]3CC(=O)N(Cc4ccccc4)C3)c2C#N)C1. The van der Waals surface area contributed by atoms with Gasteiger partial charge >= 0.3 is 5.97 Å². The van der Waals surface area contributed by atoms with Crippen LogP contribution >= 0.6 is 11.3 Å². The summed E-state index contributed by atoms with van der Waals surface area (Å²) in [5.74, 6) is -1.15. The number of ether oxygens (including phenoxy) is 1. The van der Waals surface area contributed by atoms with Crippen LogP contribution in [0.25, 0.3) is 0 Å². The van der Waals surface area contributed by atoms with Crippen LogP contribution in [0.2, 0.25) is 0 Å². The number of nitriles is 1. The van der Waals surface area contributed by atoms with E-state index < -0.39 is 24.4 Å². The van der Waals surface area contributed by atoms with Gasteiger partial charge in [0, 0.05) is 24.4 Å². The van der Waals surface area contributed by atoms with Crippen molar-refractivity contribution in [2.24, 2.45) is 11.8 Å². The molecule has 1 aliphatic heterocycles. The Morgan fingerprint density at radius 2 is 2.06 bits per heavy atom. The van der Waals surface area contributed by atoms with Crippen molar-refractivity contribution in [3.8, 4) is 6.07 Å². The highest BCUT2D eigenvalue weighted by Gasteiger charge is 2.35. The van der Waals surface area contributed by atoms with E-state index in [-0.39, 0.29) is 18.9 Å². The molecule has 0 saturated carbocycles. The Hall–Kier alpha value is -3.18. The molecule has 8 heteroatoms. The number of fused-ring (bicyclic) bond motifs is 1. The van der Waals surface area contributed by atoms with E-state index in [0.29, 0.717) is 23.0 Å². The molecule has 0 unspecified atom stereocenters. The van der Waals surface area contributed by atoms with E-state index in [0.717, 1.165) is 35.3 Å². The lowest BCUT2D eigenvalue weighted by Crippen LogP contribution is -2.28. The molecule has 0 bridgehead atoms. The lowest BCUT2D eigenvalue weighted by molar-refractivity contribution is -0.151. The van der Waals surface area contributed by atoms with Gasteiger partial charge in [0.1, 0.15) is 11.1 Å². The number of nitrogens with one attached hydrogen (secondary N) is 1. The highest BCUT2D eigenvalue weighted by atomic mass is 32.1. The molecule has 0 radical (unpaired) electrons. The van der Waals surface area contributed by atoms with Crippen molar-refractivity contribution in [3.63, 3.8) is 0 Å². The normalized spacial score (nSPS) is 19.9. The number of anilines is 1. The summed E-state index contributed by atoms with van der Waals surface area (Å²) in [5.41, 5.74) is 2.55. The van der Waals surface area contributed by atoms with Crippen LogP contribution in [0.1, 0.15) is 41.3 Å². The molecule has 166 valence electrons. The summed E-state index contributed by atoms with van der Waals surface area (Å²) in [7, 11) is 0. The Morgan fingerprint density at radius 1 is 1.28 bits per heavy atom. The second kappa shape index (κ2) is 9.53. The number of hydrogen-bond donors (Lipinski definition) is 1. The first-order chi connectivity index (χ1) is 15.4. The minimum atomic E-state index is -0.579. The topological polar surface area (TPSA) is 99.5 Å². The molecule has 1 aromatic carbocycles. The van der Waals surface area contributed by atoms with Crippen LogP contribution in [-0.2, 0) is 38.5 Å². The number of thiophene rings is 1. The maximum Gasteiger partial charge on any atom is 0.311 e. The van der Waals surface area contributed by atoms with Gasteiger partial charge in [0.05, 0.1) is 11.5 Å². The number of esters is 1. The number of amides is 2. The largest absolute Gasteiger partial charge is 0.455 e. The van der Waals surface area contributed by atoms with Gasteiger partial charge in [0.2, 0.25) is 5.91 Å². The molecule has 2 atom stereocenters. The maximum absolute atomic E-state index is 12.4. The number of hydrogen-bond acceptors (Lipinski definition) is 6. The summed E-state index contributed by atoms with van der Waals surface area (Å²) in [6.07, 6.45) is 2.87. The van der Waals surface area contributed by atoms with Crippen LogP contribution in [0, 0.1) is 23.2 Å². The molecule has 1 saturated heterocycles. The maximum atomic E-state index is 12.4. The molecule has 32 heavy (non-hydrogen) atoms. The third-order valence-electron chi connectivity index (χ3n) is 5.99. The van der Waals surface area contributed by atoms with Crippen LogP contribution in [0.15, 0.2) is 30.3 Å². The summed E-state index contributed by atoms with van der Waals surface area (Å²) in [5, 5.41) is 12.8. The van der Waals surface area contributed by atoms with E-state index in [1.165, 1.54) is 11.3 Å². The van der Waals surface area contributed by atoms with Gasteiger partial charge in [-0.15, -0.1) is 11.3 Å². The Kier molecular flexibility index (Phi) is 6.56. The molecule has 4 rings (SSSR count). The van der Waals surface area contributed by atoms with Crippen LogP contribution < -0.4 is 5.32 Å². The summed E-state index contributed by atoms with van der Waals surface area (Å²) >= 11 is 1.43. The average molecular weight is 452 g/mol. The van der Waals surface area contributed by atoms with Gasteiger partial charge in [-0.2, -0.15) is 5.26 Å². The zero-order valence-electron chi connectivity index (χ0n) is 17.9. The zero-order chi connectivity index (χ0) is 22.7. The minimum Gasteiger partial charge on any atom is -0.455 e. The van der Waals surface area contributed by atoms with Crippen molar-refractivity contribution in [1.29, 1.82) is 5.26 Å². The Bertz CT molecular complexity index is 1070. The summed E-state index contributed by atoms with van der Waals surface area (Å²) in [6.45, 7) is 2.47. The lowest BCUT2D eigenvalue weighted by Gasteiger charge is -2.17. The molecule has 0 spiro atoms. The van der Waals surface area contributed by atoms with Crippen LogP contribution in [0.4, 0.5) is 5.00 Å². The Balaban J connectivity index is 1.30. The lowest BCUT2D eigenvalue weighted by atomic mass is 9.89. The van der Waals surface area contributed by atoms with Gasteiger partial charge in [-0.05, 0) is 36.3 Å². The molecule has 2 amide bonds. The van der Waals surface area contributed by atoms with E-state index in [9.17, 15) is 19.6 Å². The van der Waals surface area contributed by atoms with Crippen molar-refractivity contribution in [3.05, 3.63) is 51.9 Å². The van der Waals surface area contributed by atoms with Crippen molar-refractivity contribution >= 4 is 34.1 Å². The first-order valence-electron chi connectivity index (χ1n) is 10.8. The van der Waals surface area contributed by atoms with Gasteiger partial charge in [-0.3, -0.25) is 14.4 Å². The number of likely N-dealkylation sites (tertiary alicyclic amines) is 1. The Morgan fingerprint density at radius 3 is 2.81 bits per heavy atom. The van der Waals surface area contributed by atoms with E-state index in [1.54, 1.807) is 4.90 Å². The van der Waals surface area contributed by atoms with Gasteiger partial charge in [0.15, 0.2) is 6.61 Å². The predicted octanol–water partition coefficient (Wildman–Crippen LogP) is 3.27. The molecule has 1 fully saturated rings. The molecule has 2 aromatic rings. The molecule has 1 N–H and O–H groups in total. The van der Waals surface area contributed by atoms with Crippen molar-refractivity contribution in [1.82, 2.24) is 4.90 Å². The first kappa shape index (κ1) is 22.0. The third-order valence-corrected chi connectivity index (χ3v) is 7.16. The highest BCUT2D eigenvalue weighted by molar-refractivity contribution is 7.16. The molecule has 1 aliphatic carbocycles. The monoisotopic (exact) mass is 451 g/mol. The number of carbonyl (C=O) groups is 3. The summed E-state index contributed by atoms with van der Waals surface area (Å²) < 4.78 is 5.19. The smallest absolute Gasteiger partial charge is 0.311 e. The second-order valence-corrected chi connectivity index (χ2v) is 9.59. The van der Waals surface area contributed by atoms with Crippen molar-refractivity contribution in [2.45, 2.75) is 39.2 Å². The first-order valence-corrected chi connectivity index (χ1v) is 11.6. The van der Waals surface area contributed by atoms with Crippen LogP contribution in [-0.4, -0.2) is 35.8 Å². The highest BCUT2D eigenvalue weighted by Crippen LogP contribution is 2.39. The number of rotatable bonds is 6. The number of carbonyl (C=O) groups excluding carboxylic acids is 3. The molecule has 2 aliphatic rings. The fourth-order valence-electron chi connectivity index (χ4n) is 4.26. The zero-order valence-corrected chi connectivity index (χ0v) is 18.7. The van der Waals surface area contributed by atoms with Crippen LogP contribution in [0.5, 0.6) is 0 Å². The third kappa shape index (κ3) is 4.83. The van der Waals surface area contributed by atoms with Crippen molar-refractivity contribution < 1.29 is 19.1 Å². The second-order valence-electron chi connectivity index (χ2n) is 8.48. The van der Waals surface area contributed by atoms with E-state index in [2.05, 4.69) is 18.3 Å². The Labute approximate surface area is 191 Å².